The maximum absolute atomic E-state index is 14.4. The minimum atomic E-state index is -0.428. The van der Waals surface area contributed by atoms with Crippen LogP contribution in [0.15, 0.2) is 42.5 Å². The molecule has 0 radical (unpaired) electrons. The number of benzene rings is 2. The molecule has 174 valence electrons. The van der Waals surface area contributed by atoms with Gasteiger partial charge >= 0.3 is 0 Å². The summed E-state index contributed by atoms with van der Waals surface area (Å²) in [7, 11) is 5.28. The first-order valence-corrected chi connectivity index (χ1v) is 10.9. The number of aromatic nitrogens is 2. The molecule has 1 saturated heterocycles. The molecule has 9 heteroatoms. The van der Waals surface area contributed by atoms with Gasteiger partial charge in [-0.25, -0.2) is 4.39 Å². The Morgan fingerprint density at radius 3 is 2.64 bits per heavy atom. The quantitative estimate of drug-likeness (QED) is 0.491. The Kier molecular flexibility index (Phi) is 7.15. The molecular weight excluding hydrogens is 447 g/mol. The summed E-state index contributed by atoms with van der Waals surface area (Å²) in [5, 5.41) is 12.2. The summed E-state index contributed by atoms with van der Waals surface area (Å²) in [5.74, 6) is 1.77. The zero-order valence-corrected chi connectivity index (χ0v) is 19.5. The normalized spacial score (nSPS) is 14.0. The Hall–Kier alpha value is -3.10. The van der Waals surface area contributed by atoms with Gasteiger partial charge in [-0.15, -0.1) is 10.2 Å². The molecule has 0 saturated carbocycles. The van der Waals surface area contributed by atoms with Crippen LogP contribution in [0.5, 0.6) is 17.4 Å². The smallest absolute Gasteiger partial charge is 0.257 e. The maximum atomic E-state index is 14.4. The van der Waals surface area contributed by atoms with E-state index in [0.717, 1.165) is 18.7 Å². The van der Waals surface area contributed by atoms with Crippen LogP contribution < -0.4 is 19.5 Å². The van der Waals surface area contributed by atoms with E-state index in [1.165, 1.54) is 18.2 Å². The predicted molar refractivity (Wildman–Crippen MR) is 126 cm³/mol. The lowest BCUT2D eigenvalue weighted by Crippen LogP contribution is -2.46. The first-order chi connectivity index (χ1) is 16.0. The number of halogens is 2. The van der Waals surface area contributed by atoms with Gasteiger partial charge in [0.15, 0.2) is 0 Å². The number of likely N-dealkylation sites (tertiary alicyclic amines) is 1. The molecule has 1 N–H and O–H groups in total. The molecule has 2 aromatic carbocycles. The molecule has 7 nitrogen and oxygen atoms in total. The van der Waals surface area contributed by atoms with Crippen LogP contribution >= 0.6 is 11.6 Å². The van der Waals surface area contributed by atoms with Gasteiger partial charge in [-0.3, -0.25) is 0 Å². The van der Waals surface area contributed by atoms with Crippen molar-refractivity contribution in [3.8, 4) is 28.6 Å². The van der Waals surface area contributed by atoms with E-state index in [1.54, 1.807) is 20.3 Å². The van der Waals surface area contributed by atoms with Gasteiger partial charge in [0.1, 0.15) is 23.0 Å². The molecule has 3 aromatic rings. The fourth-order valence-corrected chi connectivity index (χ4v) is 3.93. The summed E-state index contributed by atoms with van der Waals surface area (Å²) in [4.78, 5) is 2.22. The number of rotatable bonds is 9. The maximum Gasteiger partial charge on any atom is 0.257 e. The first kappa shape index (κ1) is 23.1. The third-order valence-corrected chi connectivity index (χ3v) is 5.76. The van der Waals surface area contributed by atoms with E-state index in [2.05, 4.69) is 27.5 Å². The van der Waals surface area contributed by atoms with Crippen LogP contribution in [0.25, 0.3) is 11.3 Å². The number of ether oxygens (including phenoxy) is 3. The highest BCUT2D eigenvalue weighted by molar-refractivity contribution is 6.30. The molecular formula is C24H26ClFN4O3. The molecule has 1 aliphatic rings. The molecule has 4 rings (SSSR count). The second kappa shape index (κ2) is 10.2. The monoisotopic (exact) mass is 472 g/mol. The van der Waals surface area contributed by atoms with E-state index in [4.69, 9.17) is 25.8 Å². The van der Waals surface area contributed by atoms with Crippen molar-refractivity contribution in [2.24, 2.45) is 5.92 Å². The molecule has 1 aromatic heterocycles. The lowest BCUT2D eigenvalue weighted by Gasteiger charge is -2.35. The summed E-state index contributed by atoms with van der Waals surface area (Å²) >= 11 is 6.07. The van der Waals surface area contributed by atoms with Crippen molar-refractivity contribution < 1.29 is 18.6 Å². The van der Waals surface area contributed by atoms with Crippen molar-refractivity contribution in [1.29, 1.82) is 0 Å². The lowest BCUT2D eigenvalue weighted by molar-refractivity contribution is 0.0838. The van der Waals surface area contributed by atoms with Crippen LogP contribution in [-0.4, -0.2) is 56.1 Å². The third-order valence-electron chi connectivity index (χ3n) is 5.52. The number of methoxy groups -OCH3 is 2. The Morgan fingerprint density at radius 2 is 1.91 bits per heavy atom. The molecule has 2 heterocycles. The number of hydrogen-bond acceptors (Lipinski definition) is 7. The van der Waals surface area contributed by atoms with Crippen molar-refractivity contribution in [1.82, 2.24) is 15.1 Å². The average molecular weight is 473 g/mol. The molecule has 1 fully saturated rings. The minimum absolute atomic E-state index is 0.271. The third kappa shape index (κ3) is 5.46. The Bertz CT molecular complexity index is 1120. The summed E-state index contributed by atoms with van der Waals surface area (Å²) in [6.45, 7) is 2.92. The van der Waals surface area contributed by atoms with Crippen LogP contribution in [0, 0.1) is 11.7 Å². The zero-order valence-electron chi connectivity index (χ0n) is 18.8. The molecule has 0 atom stereocenters. The molecule has 0 unspecified atom stereocenters. The highest BCUT2D eigenvalue weighted by Gasteiger charge is 2.24. The van der Waals surface area contributed by atoms with Crippen LogP contribution in [0.4, 0.5) is 10.1 Å². The minimum Gasteiger partial charge on any atom is -0.497 e. The van der Waals surface area contributed by atoms with Gasteiger partial charge < -0.3 is 24.4 Å². The number of nitrogens with one attached hydrogen (secondary N) is 1. The van der Waals surface area contributed by atoms with Gasteiger partial charge in [-0.2, -0.15) is 0 Å². The second-order valence-corrected chi connectivity index (χ2v) is 8.44. The van der Waals surface area contributed by atoms with Crippen molar-refractivity contribution in [3.05, 3.63) is 58.9 Å². The van der Waals surface area contributed by atoms with Gasteiger partial charge in [0.2, 0.25) is 0 Å². The standard InChI is InChI=1S/C24H26ClFN4O3/c1-30-12-15(13-30)14-33-24-22(27-11-16-4-6-18(31-2)9-23(16)32-3)10-21(28-29-24)19-8-17(25)5-7-20(19)26/h4-10,15H,11-14H2,1-3H3,(H,27,28). The average Bonchev–Trinajstić information content (AvgIpc) is 2.81. The van der Waals surface area contributed by atoms with Gasteiger partial charge in [0.25, 0.3) is 5.88 Å². The Morgan fingerprint density at radius 1 is 1.09 bits per heavy atom. The van der Waals surface area contributed by atoms with E-state index in [0.29, 0.717) is 52.9 Å². The molecule has 0 bridgehead atoms. The lowest BCUT2D eigenvalue weighted by atomic mass is 10.0. The van der Waals surface area contributed by atoms with Crippen LogP contribution in [-0.2, 0) is 6.54 Å². The predicted octanol–water partition coefficient (Wildman–Crippen LogP) is 4.51. The van der Waals surface area contributed by atoms with Crippen LogP contribution in [0.2, 0.25) is 5.02 Å². The SMILES string of the molecule is COc1ccc(CNc2cc(-c3cc(Cl)ccc3F)nnc2OCC2CN(C)C2)c(OC)c1. The molecule has 0 aliphatic carbocycles. The number of anilines is 1. The van der Waals surface area contributed by atoms with Crippen molar-refractivity contribution in [3.63, 3.8) is 0 Å². The summed E-state index contributed by atoms with van der Waals surface area (Å²) in [6, 6.07) is 11.7. The van der Waals surface area contributed by atoms with Crippen molar-refractivity contribution in [2.75, 3.05) is 46.3 Å². The Labute approximate surface area is 197 Å². The van der Waals surface area contributed by atoms with Gasteiger partial charge in [0.05, 0.1) is 26.5 Å². The zero-order chi connectivity index (χ0) is 23.4. The number of nitrogens with zero attached hydrogens (tertiary/aromatic N) is 3. The molecule has 0 spiro atoms. The fraction of sp³-hybridized carbons (Fsp3) is 0.333. The highest BCUT2D eigenvalue weighted by atomic mass is 35.5. The van der Waals surface area contributed by atoms with Crippen molar-refractivity contribution in [2.45, 2.75) is 6.54 Å². The summed E-state index contributed by atoms with van der Waals surface area (Å²) in [5.41, 5.74) is 2.14. The summed E-state index contributed by atoms with van der Waals surface area (Å²) < 4.78 is 31.2. The largest absolute Gasteiger partial charge is 0.497 e. The summed E-state index contributed by atoms with van der Waals surface area (Å²) in [6.07, 6.45) is 0. The van der Waals surface area contributed by atoms with E-state index in [9.17, 15) is 4.39 Å². The van der Waals surface area contributed by atoms with Crippen LogP contribution in [0.1, 0.15) is 5.56 Å². The second-order valence-electron chi connectivity index (χ2n) is 8.00. The van der Waals surface area contributed by atoms with Gasteiger partial charge in [-0.1, -0.05) is 11.6 Å². The van der Waals surface area contributed by atoms with Gasteiger partial charge in [-0.05, 0) is 43.4 Å². The molecule has 33 heavy (non-hydrogen) atoms. The highest BCUT2D eigenvalue weighted by Crippen LogP contribution is 2.32. The van der Waals surface area contributed by atoms with Gasteiger partial charge in [0, 0.05) is 47.8 Å². The first-order valence-electron chi connectivity index (χ1n) is 10.6. The molecule has 1 aliphatic heterocycles. The Balaban J connectivity index is 1.60. The van der Waals surface area contributed by atoms with E-state index < -0.39 is 5.82 Å². The van der Waals surface area contributed by atoms with Crippen LogP contribution in [0.3, 0.4) is 0 Å². The van der Waals surface area contributed by atoms with E-state index in [1.807, 2.05) is 18.2 Å². The topological polar surface area (TPSA) is 68.7 Å². The van der Waals surface area contributed by atoms with Crippen molar-refractivity contribution >= 4 is 17.3 Å². The molecule has 0 amide bonds. The number of hydrogen-bond donors (Lipinski definition) is 1. The fourth-order valence-electron chi connectivity index (χ4n) is 3.76. The van der Waals surface area contributed by atoms with E-state index >= 15 is 0 Å². The van der Waals surface area contributed by atoms with E-state index in [-0.39, 0.29) is 5.56 Å².